The Labute approximate surface area is 76.0 Å². The molecule has 3 heteroatoms. The van der Waals surface area contributed by atoms with E-state index in [1.807, 2.05) is 17.5 Å². The van der Waals surface area contributed by atoms with Gasteiger partial charge in [0, 0.05) is 10.4 Å². The lowest BCUT2D eigenvalue weighted by Gasteiger charge is -2.13. The highest BCUT2D eigenvalue weighted by molar-refractivity contribution is 7.10. The van der Waals surface area contributed by atoms with Crippen molar-refractivity contribution < 1.29 is 5.11 Å². The van der Waals surface area contributed by atoms with Crippen molar-refractivity contribution in [3.8, 4) is 0 Å². The van der Waals surface area contributed by atoms with E-state index in [9.17, 15) is 5.11 Å². The molecule has 3 N–H and O–H groups in total. The first-order valence-corrected chi connectivity index (χ1v) is 5.08. The van der Waals surface area contributed by atoms with E-state index >= 15 is 0 Å². The van der Waals surface area contributed by atoms with Crippen LogP contribution in [-0.4, -0.2) is 10.6 Å². The number of hydrogen-bond acceptors (Lipinski definition) is 3. The first-order chi connectivity index (χ1) is 5.70. The van der Waals surface area contributed by atoms with Gasteiger partial charge in [-0.05, 0) is 30.7 Å². The fourth-order valence-electron chi connectivity index (χ4n) is 1.33. The SMILES string of the molecule is NC1(CC(O)c2cccs2)CC1. The molecular formula is C9H13NOS. The summed E-state index contributed by atoms with van der Waals surface area (Å²) < 4.78 is 0. The van der Waals surface area contributed by atoms with Crippen molar-refractivity contribution in [2.24, 2.45) is 5.73 Å². The van der Waals surface area contributed by atoms with E-state index in [0.29, 0.717) is 6.42 Å². The largest absolute Gasteiger partial charge is 0.388 e. The van der Waals surface area contributed by atoms with E-state index < -0.39 is 0 Å². The Balaban J connectivity index is 1.97. The van der Waals surface area contributed by atoms with Gasteiger partial charge in [0.1, 0.15) is 0 Å². The molecule has 1 unspecified atom stereocenters. The summed E-state index contributed by atoms with van der Waals surface area (Å²) >= 11 is 1.59. The van der Waals surface area contributed by atoms with Crippen LogP contribution in [0.4, 0.5) is 0 Å². The van der Waals surface area contributed by atoms with Gasteiger partial charge in [0.25, 0.3) is 0 Å². The molecule has 66 valence electrons. The van der Waals surface area contributed by atoms with E-state index in [4.69, 9.17) is 5.73 Å². The Hall–Kier alpha value is -0.380. The molecule has 0 amide bonds. The second-order valence-corrected chi connectivity index (χ2v) is 4.58. The highest BCUT2D eigenvalue weighted by Crippen LogP contribution is 2.40. The van der Waals surface area contributed by atoms with Crippen molar-refractivity contribution in [1.82, 2.24) is 0 Å². The summed E-state index contributed by atoms with van der Waals surface area (Å²) in [6.45, 7) is 0. The first-order valence-electron chi connectivity index (χ1n) is 4.20. The standard InChI is InChI=1S/C9H13NOS/c10-9(3-4-9)6-7(11)8-2-1-5-12-8/h1-2,5,7,11H,3-4,6,10H2. The molecule has 1 aliphatic carbocycles. The molecule has 2 nitrogen and oxygen atoms in total. The van der Waals surface area contributed by atoms with Crippen LogP contribution in [0.1, 0.15) is 30.2 Å². The molecule has 0 spiro atoms. The number of hydrogen-bond donors (Lipinski definition) is 2. The maximum Gasteiger partial charge on any atom is 0.0899 e. The molecule has 1 aromatic heterocycles. The van der Waals surface area contributed by atoms with E-state index in [-0.39, 0.29) is 11.6 Å². The molecule has 0 radical (unpaired) electrons. The number of thiophene rings is 1. The molecule has 1 fully saturated rings. The minimum absolute atomic E-state index is 0.0522. The summed E-state index contributed by atoms with van der Waals surface area (Å²) in [5.74, 6) is 0. The molecule has 0 bridgehead atoms. The average molecular weight is 183 g/mol. The van der Waals surface area contributed by atoms with Crippen LogP contribution >= 0.6 is 11.3 Å². The minimum atomic E-state index is -0.350. The molecule has 0 aliphatic heterocycles. The lowest BCUT2D eigenvalue weighted by atomic mass is 10.1. The second kappa shape index (κ2) is 2.83. The van der Waals surface area contributed by atoms with Crippen LogP contribution in [0, 0.1) is 0 Å². The topological polar surface area (TPSA) is 46.2 Å². The predicted molar refractivity (Wildman–Crippen MR) is 50.0 cm³/mol. The Kier molecular flexibility index (Phi) is 1.94. The van der Waals surface area contributed by atoms with Crippen molar-refractivity contribution in [2.45, 2.75) is 30.9 Å². The van der Waals surface area contributed by atoms with Crippen molar-refractivity contribution in [3.05, 3.63) is 22.4 Å². The lowest BCUT2D eigenvalue weighted by Crippen LogP contribution is -2.24. The minimum Gasteiger partial charge on any atom is -0.388 e. The van der Waals surface area contributed by atoms with Crippen LogP contribution in [0.2, 0.25) is 0 Å². The third-order valence-corrected chi connectivity index (χ3v) is 3.34. The van der Waals surface area contributed by atoms with Crippen LogP contribution < -0.4 is 5.73 Å². The zero-order valence-corrected chi connectivity index (χ0v) is 7.68. The second-order valence-electron chi connectivity index (χ2n) is 3.60. The number of rotatable bonds is 3. The summed E-state index contributed by atoms with van der Waals surface area (Å²) in [6, 6.07) is 3.92. The molecule has 1 aliphatic rings. The summed E-state index contributed by atoms with van der Waals surface area (Å²) in [5.41, 5.74) is 5.85. The average Bonchev–Trinajstić information content (AvgIpc) is 2.55. The molecular weight excluding hydrogens is 170 g/mol. The molecule has 1 heterocycles. The molecule has 0 aromatic carbocycles. The number of aliphatic hydroxyl groups is 1. The Morgan fingerprint density at radius 2 is 2.42 bits per heavy atom. The maximum absolute atomic E-state index is 9.72. The monoisotopic (exact) mass is 183 g/mol. The summed E-state index contributed by atoms with van der Waals surface area (Å²) in [5, 5.41) is 11.7. The van der Waals surface area contributed by atoms with Crippen LogP contribution in [0.3, 0.4) is 0 Å². The molecule has 1 atom stereocenters. The van der Waals surface area contributed by atoms with Gasteiger partial charge >= 0.3 is 0 Å². The Morgan fingerprint density at radius 1 is 1.67 bits per heavy atom. The van der Waals surface area contributed by atoms with Crippen LogP contribution in [0.15, 0.2) is 17.5 Å². The summed E-state index contributed by atoms with van der Waals surface area (Å²) in [6.07, 6.45) is 2.50. The zero-order valence-electron chi connectivity index (χ0n) is 6.86. The normalized spacial score (nSPS) is 22.2. The number of aliphatic hydroxyl groups excluding tert-OH is 1. The fourth-order valence-corrected chi connectivity index (χ4v) is 2.04. The molecule has 0 saturated heterocycles. The van der Waals surface area contributed by atoms with E-state index in [1.54, 1.807) is 11.3 Å². The highest BCUT2D eigenvalue weighted by Gasteiger charge is 2.40. The van der Waals surface area contributed by atoms with Crippen molar-refractivity contribution in [2.75, 3.05) is 0 Å². The van der Waals surface area contributed by atoms with Gasteiger partial charge in [0.15, 0.2) is 0 Å². The van der Waals surface area contributed by atoms with Gasteiger partial charge in [0.05, 0.1) is 6.10 Å². The van der Waals surface area contributed by atoms with Gasteiger partial charge in [-0.2, -0.15) is 0 Å². The van der Waals surface area contributed by atoms with Crippen LogP contribution in [0.25, 0.3) is 0 Å². The highest BCUT2D eigenvalue weighted by atomic mass is 32.1. The Morgan fingerprint density at radius 3 is 2.92 bits per heavy atom. The van der Waals surface area contributed by atoms with E-state index in [2.05, 4.69) is 0 Å². The van der Waals surface area contributed by atoms with Gasteiger partial charge in [-0.25, -0.2) is 0 Å². The quantitative estimate of drug-likeness (QED) is 0.748. The van der Waals surface area contributed by atoms with Gasteiger partial charge in [-0.15, -0.1) is 11.3 Å². The summed E-state index contributed by atoms with van der Waals surface area (Å²) in [4.78, 5) is 1.03. The molecule has 1 aromatic rings. The Bertz CT molecular complexity index is 254. The third kappa shape index (κ3) is 1.68. The zero-order chi connectivity index (χ0) is 8.60. The van der Waals surface area contributed by atoms with E-state index in [0.717, 1.165) is 17.7 Å². The van der Waals surface area contributed by atoms with Crippen molar-refractivity contribution in [1.29, 1.82) is 0 Å². The first kappa shape index (κ1) is 8.23. The van der Waals surface area contributed by atoms with Gasteiger partial charge in [-0.1, -0.05) is 6.07 Å². The summed E-state index contributed by atoms with van der Waals surface area (Å²) in [7, 11) is 0. The van der Waals surface area contributed by atoms with E-state index in [1.165, 1.54) is 0 Å². The fraction of sp³-hybridized carbons (Fsp3) is 0.556. The van der Waals surface area contributed by atoms with Crippen molar-refractivity contribution in [3.63, 3.8) is 0 Å². The number of nitrogens with two attached hydrogens (primary N) is 1. The third-order valence-electron chi connectivity index (χ3n) is 2.36. The van der Waals surface area contributed by atoms with Gasteiger partial charge in [-0.3, -0.25) is 0 Å². The van der Waals surface area contributed by atoms with Gasteiger partial charge < -0.3 is 10.8 Å². The van der Waals surface area contributed by atoms with Gasteiger partial charge in [0.2, 0.25) is 0 Å². The molecule has 1 saturated carbocycles. The van der Waals surface area contributed by atoms with Crippen LogP contribution in [-0.2, 0) is 0 Å². The molecule has 2 rings (SSSR count). The van der Waals surface area contributed by atoms with Crippen molar-refractivity contribution >= 4 is 11.3 Å². The smallest absolute Gasteiger partial charge is 0.0899 e. The van der Waals surface area contributed by atoms with Crippen LogP contribution in [0.5, 0.6) is 0 Å². The molecule has 12 heavy (non-hydrogen) atoms. The maximum atomic E-state index is 9.72. The predicted octanol–water partition coefficient (Wildman–Crippen LogP) is 1.66. The lowest BCUT2D eigenvalue weighted by molar-refractivity contribution is 0.158.